The van der Waals surface area contributed by atoms with Crippen LogP contribution in [-0.4, -0.2) is 15.7 Å². The van der Waals surface area contributed by atoms with E-state index in [9.17, 15) is 9.18 Å². The van der Waals surface area contributed by atoms with Crippen LogP contribution in [-0.2, 0) is 4.79 Å². The molecule has 1 unspecified atom stereocenters. The summed E-state index contributed by atoms with van der Waals surface area (Å²) in [5.41, 5.74) is 0.909. The number of hydrogen-bond acceptors (Lipinski definition) is 3. The van der Waals surface area contributed by atoms with Crippen LogP contribution in [0, 0.1) is 5.82 Å². The van der Waals surface area contributed by atoms with Crippen LogP contribution in [0.25, 0.3) is 11.8 Å². The first-order valence-corrected chi connectivity index (χ1v) is 8.34. The van der Waals surface area contributed by atoms with Gasteiger partial charge in [0.05, 0.1) is 23.0 Å². The number of carbonyl (C=O) groups is 1. The fraction of sp³-hybridized carbons (Fsp3) is 0.111. The summed E-state index contributed by atoms with van der Waals surface area (Å²) in [5, 5.41) is 6.82. The number of halogens is 2. The minimum absolute atomic E-state index is 0.246. The Morgan fingerprint density at radius 3 is 2.92 bits per heavy atom. The number of amides is 1. The average molecular weight is 404 g/mol. The van der Waals surface area contributed by atoms with Gasteiger partial charge >= 0.3 is 0 Å². The van der Waals surface area contributed by atoms with Gasteiger partial charge in [0, 0.05) is 12.3 Å². The highest BCUT2D eigenvalue weighted by atomic mass is 79.9. The molecule has 0 saturated heterocycles. The Hall–Kier alpha value is -2.67. The predicted octanol–water partition coefficient (Wildman–Crippen LogP) is 4.26. The molecule has 1 aromatic carbocycles. The third-order valence-electron chi connectivity index (χ3n) is 3.53. The molecule has 3 aromatic rings. The Morgan fingerprint density at radius 1 is 1.44 bits per heavy atom. The summed E-state index contributed by atoms with van der Waals surface area (Å²) < 4.78 is 21.7. The van der Waals surface area contributed by atoms with Gasteiger partial charge in [-0.3, -0.25) is 4.79 Å². The molecule has 128 valence electrons. The fourth-order valence-corrected chi connectivity index (χ4v) is 2.57. The minimum atomic E-state index is -0.429. The van der Waals surface area contributed by atoms with E-state index in [1.807, 2.05) is 6.92 Å². The normalized spacial score (nSPS) is 12.4. The second-order valence-corrected chi connectivity index (χ2v) is 6.31. The summed E-state index contributed by atoms with van der Waals surface area (Å²) in [4.78, 5) is 11.9. The highest BCUT2D eigenvalue weighted by molar-refractivity contribution is 9.10. The number of furan rings is 1. The molecule has 25 heavy (non-hydrogen) atoms. The first kappa shape index (κ1) is 17.2. The van der Waals surface area contributed by atoms with Crippen LogP contribution in [0.2, 0.25) is 0 Å². The van der Waals surface area contributed by atoms with Crippen molar-refractivity contribution in [1.82, 2.24) is 15.1 Å². The second-order valence-electron chi connectivity index (χ2n) is 5.39. The summed E-state index contributed by atoms with van der Waals surface area (Å²) >= 11 is 3.27. The van der Waals surface area contributed by atoms with Gasteiger partial charge in [-0.2, -0.15) is 5.10 Å². The maximum atomic E-state index is 14.2. The molecular weight excluding hydrogens is 389 g/mol. The largest absolute Gasteiger partial charge is 0.467 e. The molecule has 1 amide bonds. The van der Waals surface area contributed by atoms with E-state index in [4.69, 9.17) is 4.42 Å². The summed E-state index contributed by atoms with van der Waals surface area (Å²) in [5.74, 6) is -0.0472. The zero-order chi connectivity index (χ0) is 17.8. The average Bonchev–Trinajstić information content (AvgIpc) is 3.24. The molecule has 3 rings (SSSR count). The quantitative estimate of drug-likeness (QED) is 0.647. The molecule has 1 N–H and O–H groups in total. The minimum Gasteiger partial charge on any atom is -0.467 e. The lowest BCUT2D eigenvalue weighted by molar-refractivity contribution is -0.117. The molecule has 0 radical (unpaired) electrons. The third kappa shape index (κ3) is 4.24. The third-order valence-corrected chi connectivity index (χ3v) is 3.94. The van der Waals surface area contributed by atoms with E-state index >= 15 is 0 Å². The summed E-state index contributed by atoms with van der Waals surface area (Å²) in [6, 6.07) is 7.98. The summed E-state index contributed by atoms with van der Waals surface area (Å²) in [6.45, 7) is 1.82. The molecular formula is C18H15BrFN3O2. The van der Waals surface area contributed by atoms with Gasteiger partial charge in [-0.05, 0) is 58.8 Å². The molecule has 2 aromatic heterocycles. The first-order valence-electron chi connectivity index (χ1n) is 7.55. The molecule has 1 atom stereocenters. The van der Waals surface area contributed by atoms with E-state index in [-0.39, 0.29) is 11.9 Å². The maximum absolute atomic E-state index is 14.2. The second kappa shape index (κ2) is 7.48. The van der Waals surface area contributed by atoms with Crippen molar-refractivity contribution in [2.75, 3.05) is 0 Å². The number of hydrogen-bond donors (Lipinski definition) is 1. The van der Waals surface area contributed by atoms with Gasteiger partial charge in [0.25, 0.3) is 0 Å². The Morgan fingerprint density at radius 2 is 2.28 bits per heavy atom. The molecule has 5 nitrogen and oxygen atoms in total. The summed E-state index contributed by atoms with van der Waals surface area (Å²) in [7, 11) is 0. The Bertz CT molecular complexity index is 903. The zero-order valence-electron chi connectivity index (χ0n) is 13.3. The van der Waals surface area contributed by atoms with E-state index in [0.717, 1.165) is 4.47 Å². The molecule has 7 heteroatoms. The molecule has 0 saturated carbocycles. The number of nitrogens with one attached hydrogen (secondary N) is 1. The Labute approximate surface area is 152 Å². The van der Waals surface area contributed by atoms with Crippen LogP contribution >= 0.6 is 15.9 Å². The topological polar surface area (TPSA) is 60.1 Å². The van der Waals surface area contributed by atoms with E-state index in [0.29, 0.717) is 17.0 Å². The molecule has 0 bridgehead atoms. The van der Waals surface area contributed by atoms with Crippen LogP contribution in [0.5, 0.6) is 0 Å². The van der Waals surface area contributed by atoms with Crippen LogP contribution in [0.4, 0.5) is 4.39 Å². The monoisotopic (exact) mass is 403 g/mol. The van der Waals surface area contributed by atoms with Crippen molar-refractivity contribution < 1.29 is 13.6 Å². The van der Waals surface area contributed by atoms with Gasteiger partial charge in [0.1, 0.15) is 17.3 Å². The number of nitrogens with zero attached hydrogens (tertiary/aromatic N) is 2. The highest BCUT2D eigenvalue weighted by Gasteiger charge is 2.10. The van der Waals surface area contributed by atoms with Crippen molar-refractivity contribution in [2.45, 2.75) is 13.0 Å². The smallest absolute Gasteiger partial charge is 0.244 e. The van der Waals surface area contributed by atoms with Gasteiger partial charge in [-0.25, -0.2) is 9.07 Å². The Balaban J connectivity index is 1.67. The number of carbonyl (C=O) groups excluding carboxylic acids is 1. The molecule has 0 fully saturated rings. The predicted molar refractivity (Wildman–Crippen MR) is 95.5 cm³/mol. The van der Waals surface area contributed by atoms with Crippen molar-refractivity contribution in [3.63, 3.8) is 0 Å². The molecule has 0 aliphatic heterocycles. The van der Waals surface area contributed by atoms with Crippen molar-refractivity contribution in [3.8, 4) is 5.69 Å². The SMILES string of the molecule is CC(NC(=O)/C=C/c1ccc(-n2cc(Br)cn2)c(F)c1)c1ccco1. The van der Waals surface area contributed by atoms with E-state index in [1.54, 1.807) is 49.0 Å². The van der Waals surface area contributed by atoms with Gasteiger partial charge in [0.2, 0.25) is 5.91 Å². The van der Waals surface area contributed by atoms with Crippen molar-refractivity contribution in [1.29, 1.82) is 0 Å². The van der Waals surface area contributed by atoms with Crippen LogP contribution in [0.3, 0.4) is 0 Å². The van der Waals surface area contributed by atoms with Crippen LogP contribution < -0.4 is 5.32 Å². The van der Waals surface area contributed by atoms with E-state index in [2.05, 4.69) is 26.3 Å². The van der Waals surface area contributed by atoms with Crippen LogP contribution in [0.15, 0.2) is 64.0 Å². The first-order chi connectivity index (χ1) is 12.0. The molecule has 0 aliphatic carbocycles. The lowest BCUT2D eigenvalue weighted by Crippen LogP contribution is -2.24. The van der Waals surface area contributed by atoms with Gasteiger partial charge in [-0.15, -0.1) is 0 Å². The lowest BCUT2D eigenvalue weighted by Gasteiger charge is -2.09. The number of benzene rings is 1. The van der Waals surface area contributed by atoms with E-state index in [1.165, 1.54) is 16.8 Å². The lowest BCUT2D eigenvalue weighted by atomic mass is 10.1. The standard InChI is InChI=1S/C18H15BrFN3O2/c1-12(17-3-2-8-25-17)22-18(24)7-5-13-4-6-16(15(20)9-13)23-11-14(19)10-21-23/h2-12H,1H3,(H,22,24)/b7-5+. The van der Waals surface area contributed by atoms with Crippen LogP contribution in [0.1, 0.15) is 24.3 Å². The Kier molecular flexibility index (Phi) is 5.14. The number of rotatable bonds is 5. The van der Waals surface area contributed by atoms with Gasteiger partial charge in [-0.1, -0.05) is 6.07 Å². The molecule has 0 spiro atoms. The molecule has 0 aliphatic rings. The van der Waals surface area contributed by atoms with Gasteiger partial charge in [0.15, 0.2) is 0 Å². The van der Waals surface area contributed by atoms with Crippen molar-refractivity contribution >= 4 is 27.9 Å². The highest BCUT2D eigenvalue weighted by Crippen LogP contribution is 2.18. The maximum Gasteiger partial charge on any atom is 0.244 e. The fourth-order valence-electron chi connectivity index (χ4n) is 2.29. The molecule has 2 heterocycles. The number of aromatic nitrogens is 2. The van der Waals surface area contributed by atoms with Crippen molar-refractivity contribution in [3.05, 3.63) is 76.7 Å². The van der Waals surface area contributed by atoms with E-state index < -0.39 is 5.82 Å². The van der Waals surface area contributed by atoms with Gasteiger partial charge < -0.3 is 9.73 Å². The zero-order valence-corrected chi connectivity index (χ0v) is 14.9. The summed E-state index contributed by atoms with van der Waals surface area (Å²) in [6.07, 6.45) is 7.71. The van der Waals surface area contributed by atoms with Crippen molar-refractivity contribution in [2.24, 2.45) is 0 Å².